The van der Waals surface area contributed by atoms with E-state index in [2.05, 4.69) is 11.9 Å². The molecule has 0 aliphatic rings. The van der Waals surface area contributed by atoms with Crippen molar-refractivity contribution in [3.63, 3.8) is 0 Å². The van der Waals surface area contributed by atoms with Crippen molar-refractivity contribution in [2.45, 2.75) is 26.3 Å². The summed E-state index contributed by atoms with van der Waals surface area (Å²) in [4.78, 5) is 4.53. The van der Waals surface area contributed by atoms with Gasteiger partial charge >= 0.3 is 0 Å². The van der Waals surface area contributed by atoms with Crippen LogP contribution in [0.5, 0.6) is 0 Å². The van der Waals surface area contributed by atoms with E-state index < -0.39 is 11.6 Å². The number of nitrogen functional groups attached to an aromatic ring is 1. The molecule has 0 fully saturated rings. The molecule has 2 aromatic carbocycles. The smallest absolute Gasteiger partial charge is 0.135 e. The van der Waals surface area contributed by atoms with Crippen LogP contribution in [0, 0.1) is 11.6 Å². The molecule has 0 aliphatic carbocycles. The summed E-state index contributed by atoms with van der Waals surface area (Å²) in [7, 11) is 0. The maximum absolute atomic E-state index is 14.1. The van der Waals surface area contributed by atoms with Crippen LogP contribution in [-0.2, 0) is 13.0 Å². The van der Waals surface area contributed by atoms with Gasteiger partial charge in [-0.1, -0.05) is 37.3 Å². The summed E-state index contributed by atoms with van der Waals surface area (Å²) >= 11 is 0. The molecule has 0 atom stereocenters. The van der Waals surface area contributed by atoms with E-state index in [0.717, 1.165) is 30.3 Å². The quantitative estimate of drug-likeness (QED) is 0.754. The maximum atomic E-state index is 14.1. The third-order valence-electron chi connectivity index (χ3n) is 3.93. The zero-order valence-electron chi connectivity index (χ0n) is 13.5. The highest BCUT2D eigenvalue weighted by Gasteiger charge is 2.19. The molecule has 0 bridgehead atoms. The number of anilines is 1. The normalized spacial score (nSPS) is 11.0. The highest BCUT2D eigenvalue weighted by Crippen LogP contribution is 2.30. The van der Waals surface area contributed by atoms with Crippen LogP contribution < -0.4 is 5.73 Å². The second-order valence-electron chi connectivity index (χ2n) is 5.71. The number of benzene rings is 2. The molecule has 1 aromatic heterocycles. The number of halogens is 2. The molecule has 124 valence electrons. The molecule has 0 aliphatic heterocycles. The molecule has 3 nitrogen and oxygen atoms in total. The van der Waals surface area contributed by atoms with Crippen molar-refractivity contribution in [2.75, 3.05) is 5.73 Å². The van der Waals surface area contributed by atoms with Crippen LogP contribution in [0.25, 0.3) is 11.3 Å². The molecular weight excluding hydrogens is 308 g/mol. The van der Waals surface area contributed by atoms with Crippen molar-refractivity contribution < 1.29 is 8.78 Å². The van der Waals surface area contributed by atoms with Gasteiger partial charge in [0, 0.05) is 18.1 Å². The number of imidazole rings is 1. The van der Waals surface area contributed by atoms with Gasteiger partial charge in [0.25, 0.3) is 0 Å². The van der Waals surface area contributed by atoms with Gasteiger partial charge in [0.05, 0.1) is 6.54 Å². The van der Waals surface area contributed by atoms with Gasteiger partial charge < -0.3 is 10.3 Å². The Labute approximate surface area is 139 Å². The highest BCUT2D eigenvalue weighted by atomic mass is 19.1. The van der Waals surface area contributed by atoms with Crippen molar-refractivity contribution in [3.8, 4) is 11.3 Å². The zero-order valence-corrected chi connectivity index (χ0v) is 13.5. The molecule has 0 saturated carbocycles. The molecule has 0 saturated heterocycles. The van der Waals surface area contributed by atoms with E-state index in [9.17, 15) is 8.78 Å². The summed E-state index contributed by atoms with van der Waals surface area (Å²) in [6, 6.07) is 13.3. The molecule has 24 heavy (non-hydrogen) atoms. The Morgan fingerprint density at radius 3 is 2.50 bits per heavy atom. The predicted octanol–water partition coefficient (Wildman–Crippen LogP) is 4.41. The zero-order chi connectivity index (χ0) is 17.1. The van der Waals surface area contributed by atoms with E-state index in [1.807, 2.05) is 34.9 Å². The average molecular weight is 327 g/mol. The second kappa shape index (κ2) is 6.83. The number of nitrogens with two attached hydrogens (primary N) is 1. The summed E-state index contributed by atoms with van der Waals surface area (Å²) < 4.78 is 29.2. The molecule has 1 heterocycles. The van der Waals surface area contributed by atoms with Gasteiger partial charge in [0.2, 0.25) is 0 Å². The van der Waals surface area contributed by atoms with Gasteiger partial charge in [-0.3, -0.25) is 0 Å². The van der Waals surface area contributed by atoms with Gasteiger partial charge in [-0.2, -0.15) is 0 Å². The minimum Gasteiger partial charge on any atom is -0.383 e. The fraction of sp³-hybridized carbons (Fsp3) is 0.211. The molecule has 2 N–H and O–H groups in total. The summed E-state index contributed by atoms with van der Waals surface area (Å²) in [6.45, 7) is 2.62. The third kappa shape index (κ3) is 3.15. The first-order valence-corrected chi connectivity index (χ1v) is 7.94. The van der Waals surface area contributed by atoms with Crippen molar-refractivity contribution in [1.82, 2.24) is 9.55 Å². The summed E-state index contributed by atoms with van der Waals surface area (Å²) in [5.41, 5.74) is 7.94. The molecule has 3 aromatic rings. The molecule has 5 heteroatoms. The molecule has 3 rings (SSSR count). The summed E-state index contributed by atoms with van der Waals surface area (Å²) in [5, 5.41) is 0. The lowest BCUT2D eigenvalue weighted by Gasteiger charge is -2.10. The third-order valence-corrected chi connectivity index (χ3v) is 3.93. The highest BCUT2D eigenvalue weighted by molar-refractivity contribution is 5.71. The fourth-order valence-corrected chi connectivity index (χ4v) is 2.75. The van der Waals surface area contributed by atoms with Crippen LogP contribution >= 0.6 is 0 Å². The van der Waals surface area contributed by atoms with Gasteiger partial charge in [0.1, 0.15) is 29.0 Å². The Kier molecular flexibility index (Phi) is 4.60. The van der Waals surface area contributed by atoms with Crippen LogP contribution in [0.15, 0.2) is 48.5 Å². The minimum absolute atomic E-state index is 0.220. The van der Waals surface area contributed by atoms with E-state index in [1.54, 1.807) is 0 Å². The molecule has 0 spiro atoms. The fourth-order valence-electron chi connectivity index (χ4n) is 2.75. The van der Waals surface area contributed by atoms with Crippen molar-refractivity contribution in [1.29, 1.82) is 0 Å². The lowest BCUT2D eigenvalue weighted by Crippen LogP contribution is -2.08. The monoisotopic (exact) mass is 327 g/mol. The van der Waals surface area contributed by atoms with Crippen LogP contribution in [0.2, 0.25) is 0 Å². The Morgan fingerprint density at radius 1 is 1.08 bits per heavy atom. The van der Waals surface area contributed by atoms with E-state index >= 15 is 0 Å². The van der Waals surface area contributed by atoms with Crippen LogP contribution in [0.4, 0.5) is 14.6 Å². The molecular formula is C19H19F2N3. The Bertz CT molecular complexity index is 841. The molecule has 0 amide bonds. The van der Waals surface area contributed by atoms with Gasteiger partial charge in [-0.05, 0) is 24.1 Å². The van der Waals surface area contributed by atoms with E-state index in [4.69, 9.17) is 5.73 Å². The number of aryl methyl sites for hydroxylation is 1. The van der Waals surface area contributed by atoms with Gasteiger partial charge in [-0.25, -0.2) is 13.8 Å². The van der Waals surface area contributed by atoms with E-state index in [0.29, 0.717) is 18.1 Å². The first-order valence-electron chi connectivity index (χ1n) is 7.94. The predicted molar refractivity (Wildman–Crippen MR) is 91.5 cm³/mol. The van der Waals surface area contributed by atoms with E-state index in [-0.39, 0.29) is 5.56 Å². The van der Waals surface area contributed by atoms with Crippen molar-refractivity contribution >= 4 is 5.82 Å². The second-order valence-corrected chi connectivity index (χ2v) is 5.71. The maximum Gasteiger partial charge on any atom is 0.135 e. The SMILES string of the molecule is CCCc1nc(-c2ccc(F)cc2F)c(N)n1Cc1ccccc1. The van der Waals surface area contributed by atoms with Gasteiger partial charge in [0.15, 0.2) is 0 Å². The number of nitrogens with zero attached hydrogens (tertiary/aromatic N) is 2. The standard InChI is InChI=1S/C19H19F2N3/c1-2-6-17-23-18(15-10-9-14(20)11-16(15)21)19(22)24(17)12-13-7-4-3-5-8-13/h3-5,7-11H,2,6,12,22H2,1H3. The first-order chi connectivity index (χ1) is 11.6. The Hall–Kier alpha value is -2.69. The largest absolute Gasteiger partial charge is 0.383 e. The number of hydrogen-bond acceptors (Lipinski definition) is 2. The number of hydrogen-bond donors (Lipinski definition) is 1. The van der Waals surface area contributed by atoms with Crippen LogP contribution in [-0.4, -0.2) is 9.55 Å². The average Bonchev–Trinajstić information content (AvgIpc) is 2.86. The lowest BCUT2D eigenvalue weighted by molar-refractivity contribution is 0.585. The first kappa shape index (κ1) is 16.2. The van der Waals surface area contributed by atoms with Crippen LogP contribution in [0.1, 0.15) is 24.7 Å². The molecule has 0 radical (unpaired) electrons. The Balaban J connectivity index is 2.07. The number of rotatable bonds is 5. The van der Waals surface area contributed by atoms with Gasteiger partial charge in [-0.15, -0.1) is 0 Å². The topological polar surface area (TPSA) is 43.8 Å². The van der Waals surface area contributed by atoms with Crippen molar-refractivity contribution in [2.24, 2.45) is 0 Å². The van der Waals surface area contributed by atoms with Crippen molar-refractivity contribution in [3.05, 3.63) is 71.6 Å². The lowest BCUT2D eigenvalue weighted by atomic mass is 10.1. The number of aromatic nitrogens is 2. The molecule has 0 unspecified atom stereocenters. The van der Waals surface area contributed by atoms with E-state index in [1.165, 1.54) is 12.1 Å². The van der Waals surface area contributed by atoms with Crippen LogP contribution in [0.3, 0.4) is 0 Å². The summed E-state index contributed by atoms with van der Waals surface area (Å²) in [5.74, 6) is -0.0770. The summed E-state index contributed by atoms with van der Waals surface area (Å²) in [6.07, 6.45) is 1.64. The Morgan fingerprint density at radius 2 is 1.83 bits per heavy atom. The minimum atomic E-state index is -0.658.